The summed E-state index contributed by atoms with van der Waals surface area (Å²) in [6.07, 6.45) is 0. The minimum atomic E-state index is -0.331. The molecule has 1 aliphatic rings. The Morgan fingerprint density at radius 2 is 1.57 bits per heavy atom. The number of aryl methyl sites for hydroxylation is 1. The molecule has 2 amide bonds. The van der Waals surface area contributed by atoms with Gasteiger partial charge in [0.15, 0.2) is 5.11 Å². The van der Waals surface area contributed by atoms with Crippen LogP contribution in [0.15, 0.2) is 97.1 Å². The van der Waals surface area contributed by atoms with E-state index in [2.05, 4.69) is 15.5 Å². The molecule has 0 aliphatic carbocycles. The van der Waals surface area contributed by atoms with Crippen molar-refractivity contribution in [1.82, 2.24) is 10.2 Å². The van der Waals surface area contributed by atoms with Crippen molar-refractivity contribution in [2.75, 3.05) is 36.4 Å². The van der Waals surface area contributed by atoms with Gasteiger partial charge in [-0.25, -0.2) is 0 Å². The molecule has 0 atom stereocenters. The van der Waals surface area contributed by atoms with E-state index >= 15 is 0 Å². The first-order valence-electron chi connectivity index (χ1n) is 13.7. The van der Waals surface area contributed by atoms with Crippen LogP contribution in [0.1, 0.15) is 31.8 Å². The molecule has 42 heavy (non-hydrogen) atoms. The third kappa shape index (κ3) is 7.26. The fraction of sp³-hybridized carbons (Fsp3) is 0.182. The molecule has 4 aromatic rings. The average molecular weight is 599 g/mol. The topological polar surface area (TPSA) is 73.9 Å². The van der Waals surface area contributed by atoms with Crippen LogP contribution >= 0.6 is 23.8 Å². The standard InChI is InChI=1S/C33H31ClN4O3S/c1-23-7-5-6-10-28(23)32(40)38-19-17-37(18-20-38)30-16-13-26(21-29(30)34)35-33(42)36-31(39)25-11-14-27(15-12-25)41-22-24-8-3-2-4-9-24/h2-16,21H,17-20,22H2,1H3,(H2,35,36,39,42). The van der Waals surface area contributed by atoms with E-state index in [1.165, 1.54) is 0 Å². The highest BCUT2D eigenvalue weighted by Gasteiger charge is 2.24. The maximum atomic E-state index is 13.0. The number of carbonyl (C=O) groups excluding carboxylic acids is 2. The van der Waals surface area contributed by atoms with E-state index in [0.717, 1.165) is 22.4 Å². The van der Waals surface area contributed by atoms with Crippen molar-refractivity contribution in [3.8, 4) is 5.75 Å². The second kappa shape index (κ2) is 13.5. The fourth-order valence-corrected chi connectivity index (χ4v) is 5.27. The molecular weight excluding hydrogens is 568 g/mol. The van der Waals surface area contributed by atoms with Crippen LogP contribution < -0.4 is 20.3 Å². The Hall–Kier alpha value is -4.40. The van der Waals surface area contributed by atoms with Crippen molar-refractivity contribution in [3.05, 3.63) is 124 Å². The van der Waals surface area contributed by atoms with Gasteiger partial charge in [0.2, 0.25) is 0 Å². The Labute approximate surface area is 256 Å². The number of hydrogen-bond acceptors (Lipinski definition) is 5. The number of anilines is 2. The third-order valence-electron chi connectivity index (χ3n) is 7.08. The molecule has 4 aromatic carbocycles. The summed E-state index contributed by atoms with van der Waals surface area (Å²) in [7, 11) is 0. The number of nitrogens with one attached hydrogen (secondary N) is 2. The lowest BCUT2D eigenvalue weighted by Gasteiger charge is -2.36. The summed E-state index contributed by atoms with van der Waals surface area (Å²) < 4.78 is 5.79. The quantitative estimate of drug-likeness (QED) is 0.243. The molecule has 9 heteroatoms. The van der Waals surface area contributed by atoms with Gasteiger partial charge in [0.25, 0.3) is 11.8 Å². The second-order valence-corrected chi connectivity index (χ2v) is 10.8. The zero-order valence-corrected chi connectivity index (χ0v) is 24.8. The van der Waals surface area contributed by atoms with Crippen molar-refractivity contribution in [1.29, 1.82) is 0 Å². The van der Waals surface area contributed by atoms with E-state index < -0.39 is 0 Å². The highest BCUT2D eigenvalue weighted by molar-refractivity contribution is 7.80. The molecule has 0 radical (unpaired) electrons. The number of nitrogens with zero attached hydrogens (tertiary/aromatic N) is 2. The van der Waals surface area contributed by atoms with Gasteiger partial charge in [-0.05, 0) is 78.8 Å². The monoisotopic (exact) mass is 598 g/mol. The number of rotatable bonds is 7. The molecule has 214 valence electrons. The highest BCUT2D eigenvalue weighted by Crippen LogP contribution is 2.30. The summed E-state index contributed by atoms with van der Waals surface area (Å²) in [5.74, 6) is 0.398. The first-order chi connectivity index (χ1) is 20.4. The molecule has 1 fully saturated rings. The van der Waals surface area contributed by atoms with Crippen LogP contribution in [0.4, 0.5) is 11.4 Å². The number of hydrogen-bond donors (Lipinski definition) is 2. The van der Waals surface area contributed by atoms with Gasteiger partial charge >= 0.3 is 0 Å². The first kappa shape index (κ1) is 29.1. The smallest absolute Gasteiger partial charge is 0.257 e. The molecule has 1 aliphatic heterocycles. The predicted octanol–water partition coefficient (Wildman–Crippen LogP) is 6.32. The minimum absolute atomic E-state index is 0.0567. The van der Waals surface area contributed by atoms with E-state index in [0.29, 0.717) is 54.8 Å². The Morgan fingerprint density at radius 1 is 0.881 bits per heavy atom. The zero-order valence-electron chi connectivity index (χ0n) is 23.2. The predicted molar refractivity (Wildman–Crippen MR) is 172 cm³/mol. The molecule has 7 nitrogen and oxygen atoms in total. The van der Waals surface area contributed by atoms with E-state index in [-0.39, 0.29) is 16.9 Å². The van der Waals surface area contributed by atoms with Crippen molar-refractivity contribution in [3.63, 3.8) is 0 Å². The van der Waals surface area contributed by atoms with Crippen molar-refractivity contribution in [2.24, 2.45) is 0 Å². The molecule has 1 heterocycles. The number of piperazine rings is 1. The van der Waals surface area contributed by atoms with Crippen LogP contribution in [-0.4, -0.2) is 48.0 Å². The summed E-state index contributed by atoms with van der Waals surface area (Å²) >= 11 is 12.0. The van der Waals surface area contributed by atoms with Crippen LogP contribution in [0, 0.1) is 6.92 Å². The molecular formula is C33H31ClN4O3S. The van der Waals surface area contributed by atoms with E-state index in [1.807, 2.05) is 78.6 Å². The lowest BCUT2D eigenvalue weighted by molar-refractivity contribution is 0.0746. The number of amides is 2. The Morgan fingerprint density at radius 3 is 2.26 bits per heavy atom. The largest absolute Gasteiger partial charge is 0.489 e. The Balaban J connectivity index is 1.11. The van der Waals surface area contributed by atoms with Crippen LogP contribution in [0.5, 0.6) is 5.75 Å². The van der Waals surface area contributed by atoms with Gasteiger partial charge in [0, 0.05) is 43.0 Å². The SMILES string of the molecule is Cc1ccccc1C(=O)N1CCN(c2ccc(NC(=S)NC(=O)c3ccc(OCc4ccccc4)cc3)cc2Cl)CC1. The van der Waals surface area contributed by atoms with Crippen molar-refractivity contribution >= 4 is 52.1 Å². The van der Waals surface area contributed by atoms with E-state index in [4.69, 9.17) is 28.6 Å². The molecule has 1 saturated heterocycles. The van der Waals surface area contributed by atoms with E-state index in [9.17, 15) is 9.59 Å². The Bertz CT molecular complexity index is 1570. The molecule has 0 bridgehead atoms. The lowest BCUT2D eigenvalue weighted by Crippen LogP contribution is -2.49. The summed E-state index contributed by atoms with van der Waals surface area (Å²) in [5.41, 5.74) is 4.79. The molecule has 0 unspecified atom stereocenters. The average Bonchev–Trinajstić information content (AvgIpc) is 3.01. The third-order valence-corrected chi connectivity index (χ3v) is 7.59. The number of benzene rings is 4. The van der Waals surface area contributed by atoms with Gasteiger partial charge in [-0.2, -0.15) is 0 Å². The minimum Gasteiger partial charge on any atom is -0.489 e. The number of carbonyl (C=O) groups is 2. The van der Waals surface area contributed by atoms with Gasteiger partial charge in [0.05, 0.1) is 10.7 Å². The van der Waals surface area contributed by atoms with Crippen molar-refractivity contribution < 1.29 is 14.3 Å². The van der Waals surface area contributed by atoms with Gasteiger partial charge in [-0.15, -0.1) is 0 Å². The van der Waals surface area contributed by atoms with Gasteiger partial charge < -0.3 is 19.9 Å². The highest BCUT2D eigenvalue weighted by atomic mass is 35.5. The fourth-order valence-electron chi connectivity index (χ4n) is 4.76. The number of thiocarbonyl (C=S) groups is 1. The summed E-state index contributed by atoms with van der Waals surface area (Å²) in [4.78, 5) is 29.7. The molecule has 5 rings (SSSR count). The molecule has 2 N–H and O–H groups in total. The normalized spacial score (nSPS) is 12.9. The maximum Gasteiger partial charge on any atom is 0.257 e. The second-order valence-electron chi connectivity index (χ2n) is 9.97. The summed E-state index contributed by atoms with van der Waals surface area (Å²) in [5, 5.41) is 6.45. The van der Waals surface area contributed by atoms with Crippen LogP contribution in [0.3, 0.4) is 0 Å². The van der Waals surface area contributed by atoms with Crippen LogP contribution in [0.25, 0.3) is 0 Å². The molecule has 0 aromatic heterocycles. The molecule has 0 spiro atoms. The van der Waals surface area contributed by atoms with Gasteiger partial charge in [0.1, 0.15) is 12.4 Å². The van der Waals surface area contributed by atoms with Gasteiger partial charge in [-0.3, -0.25) is 14.9 Å². The zero-order chi connectivity index (χ0) is 29.5. The van der Waals surface area contributed by atoms with Crippen molar-refractivity contribution in [2.45, 2.75) is 13.5 Å². The maximum absolute atomic E-state index is 13.0. The van der Waals surface area contributed by atoms with Gasteiger partial charge in [-0.1, -0.05) is 60.1 Å². The first-order valence-corrected chi connectivity index (χ1v) is 14.4. The lowest BCUT2D eigenvalue weighted by atomic mass is 10.1. The number of ether oxygens (including phenoxy) is 1. The summed E-state index contributed by atoms with van der Waals surface area (Å²) in [6.45, 7) is 4.98. The van der Waals surface area contributed by atoms with E-state index in [1.54, 1.807) is 30.3 Å². The number of halogens is 1. The van der Waals surface area contributed by atoms with Crippen LogP contribution in [-0.2, 0) is 6.61 Å². The van der Waals surface area contributed by atoms with Crippen LogP contribution in [0.2, 0.25) is 5.02 Å². The molecule has 0 saturated carbocycles. The Kier molecular flexibility index (Phi) is 9.36. The summed E-state index contributed by atoms with van der Waals surface area (Å²) in [6, 6.07) is 30.0.